The van der Waals surface area contributed by atoms with E-state index in [1.807, 2.05) is 18.7 Å². The van der Waals surface area contributed by atoms with E-state index >= 15 is 0 Å². The highest BCUT2D eigenvalue weighted by Gasteiger charge is 2.26. The summed E-state index contributed by atoms with van der Waals surface area (Å²) in [5.74, 6) is -0.762. The Kier molecular flexibility index (Phi) is 5.85. The van der Waals surface area contributed by atoms with Gasteiger partial charge in [0.1, 0.15) is 0 Å². The van der Waals surface area contributed by atoms with Gasteiger partial charge in [-0.25, -0.2) is 9.37 Å². The van der Waals surface area contributed by atoms with Crippen molar-refractivity contribution in [2.24, 2.45) is 0 Å². The van der Waals surface area contributed by atoms with E-state index in [1.54, 1.807) is 0 Å². The van der Waals surface area contributed by atoms with Gasteiger partial charge in [-0.15, -0.1) is 0 Å². The largest absolute Gasteiger partial charge is 0.368 e. The maximum absolute atomic E-state index is 14.3. The van der Waals surface area contributed by atoms with Gasteiger partial charge < -0.3 is 10.6 Å². The SMILES string of the molecule is CCCNc1nccc(C(=O)NC2CCC(SC)C2)c1F. The fourth-order valence-electron chi connectivity index (χ4n) is 2.53. The van der Waals surface area contributed by atoms with Crippen molar-refractivity contribution in [3.05, 3.63) is 23.6 Å². The van der Waals surface area contributed by atoms with E-state index in [9.17, 15) is 9.18 Å². The first kappa shape index (κ1) is 16.1. The van der Waals surface area contributed by atoms with Gasteiger partial charge in [-0.05, 0) is 38.0 Å². The molecule has 2 unspecified atom stereocenters. The van der Waals surface area contributed by atoms with E-state index < -0.39 is 5.82 Å². The number of amides is 1. The third-order valence-electron chi connectivity index (χ3n) is 3.73. The van der Waals surface area contributed by atoms with Gasteiger partial charge in [0, 0.05) is 24.0 Å². The average Bonchev–Trinajstić information content (AvgIpc) is 2.93. The van der Waals surface area contributed by atoms with E-state index in [0.29, 0.717) is 11.8 Å². The zero-order valence-electron chi connectivity index (χ0n) is 12.5. The Morgan fingerprint density at radius 2 is 2.33 bits per heavy atom. The van der Waals surface area contributed by atoms with Crippen LogP contribution in [0.1, 0.15) is 43.0 Å². The van der Waals surface area contributed by atoms with Gasteiger partial charge in [0.15, 0.2) is 11.6 Å². The Morgan fingerprint density at radius 1 is 1.52 bits per heavy atom. The molecule has 4 nitrogen and oxygen atoms in total. The van der Waals surface area contributed by atoms with Crippen LogP contribution < -0.4 is 10.6 Å². The standard InChI is InChI=1S/C15H22FN3OS/c1-3-7-17-14-13(16)12(6-8-18-14)15(20)19-10-4-5-11(9-10)21-2/h6,8,10-11H,3-5,7,9H2,1-2H3,(H,17,18)(H,19,20). The minimum absolute atomic E-state index is 0.0659. The zero-order valence-corrected chi connectivity index (χ0v) is 13.3. The van der Waals surface area contributed by atoms with Crippen LogP contribution in [0.15, 0.2) is 12.3 Å². The monoisotopic (exact) mass is 311 g/mol. The van der Waals surface area contributed by atoms with Gasteiger partial charge in [0.2, 0.25) is 0 Å². The molecular weight excluding hydrogens is 289 g/mol. The molecule has 2 N–H and O–H groups in total. The van der Waals surface area contributed by atoms with Gasteiger partial charge in [0.25, 0.3) is 5.91 Å². The summed E-state index contributed by atoms with van der Waals surface area (Å²) in [6.45, 7) is 2.62. The van der Waals surface area contributed by atoms with Crippen molar-refractivity contribution < 1.29 is 9.18 Å². The maximum atomic E-state index is 14.3. The average molecular weight is 311 g/mol. The van der Waals surface area contributed by atoms with E-state index in [-0.39, 0.29) is 23.3 Å². The number of aromatic nitrogens is 1. The first-order valence-corrected chi connectivity index (χ1v) is 8.66. The Hall–Kier alpha value is -1.30. The number of nitrogens with zero attached hydrogens (tertiary/aromatic N) is 1. The van der Waals surface area contributed by atoms with Crippen LogP contribution in [-0.4, -0.2) is 35.0 Å². The van der Waals surface area contributed by atoms with Gasteiger partial charge in [-0.2, -0.15) is 11.8 Å². The summed E-state index contributed by atoms with van der Waals surface area (Å²) >= 11 is 1.83. The lowest BCUT2D eigenvalue weighted by atomic mass is 10.2. The van der Waals surface area contributed by atoms with E-state index in [2.05, 4.69) is 21.9 Å². The zero-order chi connectivity index (χ0) is 15.2. The van der Waals surface area contributed by atoms with Crippen LogP contribution in [0.3, 0.4) is 0 Å². The molecule has 1 saturated carbocycles. The molecule has 1 aliphatic carbocycles. The molecule has 1 aromatic heterocycles. The molecule has 1 aromatic rings. The van der Waals surface area contributed by atoms with Crippen molar-refractivity contribution in [3.63, 3.8) is 0 Å². The van der Waals surface area contributed by atoms with Gasteiger partial charge >= 0.3 is 0 Å². The van der Waals surface area contributed by atoms with Crippen LogP contribution in [0.4, 0.5) is 10.2 Å². The highest BCUT2D eigenvalue weighted by molar-refractivity contribution is 7.99. The number of pyridine rings is 1. The molecule has 0 aliphatic heterocycles. The minimum atomic E-state index is -0.567. The Morgan fingerprint density at radius 3 is 3.00 bits per heavy atom. The van der Waals surface area contributed by atoms with Crippen LogP contribution in [-0.2, 0) is 0 Å². The maximum Gasteiger partial charge on any atom is 0.254 e. The first-order chi connectivity index (χ1) is 10.2. The van der Waals surface area contributed by atoms with E-state index in [1.165, 1.54) is 12.3 Å². The molecule has 116 valence electrons. The summed E-state index contributed by atoms with van der Waals surface area (Å²) in [7, 11) is 0. The van der Waals surface area contributed by atoms with Crippen molar-refractivity contribution in [2.45, 2.75) is 43.9 Å². The third kappa shape index (κ3) is 4.09. The second kappa shape index (κ2) is 7.64. The molecule has 2 rings (SSSR count). The van der Waals surface area contributed by atoms with Crippen LogP contribution in [0, 0.1) is 5.82 Å². The van der Waals surface area contributed by atoms with Gasteiger partial charge in [-0.3, -0.25) is 4.79 Å². The number of halogens is 1. The number of hydrogen-bond acceptors (Lipinski definition) is 4. The Bertz CT molecular complexity index is 498. The topological polar surface area (TPSA) is 54.0 Å². The highest BCUT2D eigenvalue weighted by Crippen LogP contribution is 2.28. The lowest BCUT2D eigenvalue weighted by Crippen LogP contribution is -2.33. The molecule has 0 radical (unpaired) electrons. The molecule has 0 bridgehead atoms. The second-order valence-electron chi connectivity index (χ2n) is 5.29. The van der Waals surface area contributed by atoms with Gasteiger partial charge in [0.05, 0.1) is 5.56 Å². The molecule has 2 atom stereocenters. The third-order valence-corrected chi connectivity index (χ3v) is 4.82. The van der Waals surface area contributed by atoms with E-state index in [4.69, 9.17) is 0 Å². The molecule has 1 amide bonds. The lowest BCUT2D eigenvalue weighted by molar-refractivity contribution is 0.0934. The summed E-state index contributed by atoms with van der Waals surface area (Å²) in [6.07, 6.45) is 7.45. The van der Waals surface area contributed by atoms with Crippen molar-refractivity contribution in [1.29, 1.82) is 0 Å². The number of hydrogen-bond donors (Lipinski definition) is 2. The minimum Gasteiger partial charge on any atom is -0.368 e. The summed E-state index contributed by atoms with van der Waals surface area (Å²) < 4.78 is 14.3. The molecule has 0 spiro atoms. The predicted molar refractivity (Wildman–Crippen MR) is 85.4 cm³/mol. The van der Waals surface area contributed by atoms with Crippen molar-refractivity contribution in [2.75, 3.05) is 18.1 Å². The summed E-state index contributed by atoms with van der Waals surface area (Å²) in [5.41, 5.74) is 0.0659. The Balaban J connectivity index is 2.02. The fourth-order valence-corrected chi connectivity index (χ4v) is 3.33. The van der Waals surface area contributed by atoms with Crippen molar-refractivity contribution in [1.82, 2.24) is 10.3 Å². The molecule has 1 aliphatic rings. The number of rotatable bonds is 6. The molecule has 1 heterocycles. The molecule has 6 heteroatoms. The van der Waals surface area contributed by atoms with E-state index in [0.717, 1.165) is 25.7 Å². The van der Waals surface area contributed by atoms with Gasteiger partial charge in [-0.1, -0.05) is 6.92 Å². The fraction of sp³-hybridized carbons (Fsp3) is 0.600. The van der Waals surface area contributed by atoms with Crippen molar-refractivity contribution in [3.8, 4) is 0 Å². The molecular formula is C15H22FN3OS. The predicted octanol–water partition coefficient (Wildman–Crippen LogP) is 3.06. The number of nitrogens with one attached hydrogen (secondary N) is 2. The van der Waals surface area contributed by atoms with Crippen molar-refractivity contribution >= 4 is 23.5 Å². The second-order valence-corrected chi connectivity index (χ2v) is 6.43. The van der Waals surface area contributed by atoms with Crippen LogP contribution in [0.2, 0.25) is 0 Å². The van der Waals surface area contributed by atoms with Crippen LogP contribution in [0.5, 0.6) is 0 Å². The molecule has 0 saturated heterocycles. The number of anilines is 1. The summed E-state index contributed by atoms with van der Waals surface area (Å²) in [5, 5.41) is 6.43. The normalized spacial score (nSPS) is 21.3. The number of carbonyl (C=O) groups excluding carboxylic acids is 1. The first-order valence-electron chi connectivity index (χ1n) is 7.37. The molecule has 1 fully saturated rings. The molecule has 0 aromatic carbocycles. The summed E-state index contributed by atoms with van der Waals surface area (Å²) in [6, 6.07) is 1.58. The highest BCUT2D eigenvalue weighted by atomic mass is 32.2. The summed E-state index contributed by atoms with van der Waals surface area (Å²) in [4.78, 5) is 16.2. The number of carbonyl (C=O) groups is 1. The van der Waals surface area contributed by atoms with Crippen LogP contribution in [0.25, 0.3) is 0 Å². The quantitative estimate of drug-likeness (QED) is 0.848. The number of thioether (sulfide) groups is 1. The lowest BCUT2D eigenvalue weighted by Gasteiger charge is -2.14. The Labute approximate surface area is 129 Å². The smallest absolute Gasteiger partial charge is 0.254 e. The van der Waals surface area contributed by atoms with Crippen LogP contribution >= 0.6 is 11.8 Å². The molecule has 21 heavy (non-hydrogen) atoms.